The van der Waals surface area contributed by atoms with E-state index in [1.165, 1.54) is 6.33 Å². The van der Waals surface area contributed by atoms with E-state index in [1.807, 2.05) is 6.20 Å². The molecule has 2 aromatic rings. The van der Waals surface area contributed by atoms with Crippen LogP contribution in [0.3, 0.4) is 0 Å². The lowest BCUT2D eigenvalue weighted by molar-refractivity contribution is -0.0514. The average molecular weight is 610 g/mol. The second-order valence-electron chi connectivity index (χ2n) is 9.88. The standard InChI is InChI=1S/C21H29N3O10P2S2/c1-10-18-16(25)13(31-10)7-29-36(28,38)34-19-14(8-30-35(27,37)33-18)32-21(17(19)26)24-6-11-4-2-3-5-12-15(11)20(24)23-9-22-12/h6,9-10,13-14,16-19,21,25-26H,2-5,7-8H2,1H3,(H,27,37)(H,28,38)/t10-,13+,14+,16+,17+,18-,19+,21+,35?,36?/m0/s1. The van der Waals surface area contributed by atoms with Gasteiger partial charge >= 0.3 is 13.4 Å². The van der Waals surface area contributed by atoms with E-state index >= 15 is 0 Å². The first-order valence-corrected chi connectivity index (χ1v) is 17.5. The zero-order valence-corrected chi connectivity index (χ0v) is 23.7. The Morgan fingerprint density at radius 1 is 0.921 bits per heavy atom. The molecule has 2 unspecified atom stereocenters. The highest BCUT2D eigenvalue weighted by Gasteiger charge is 2.51. The van der Waals surface area contributed by atoms with Crippen molar-refractivity contribution < 1.29 is 47.6 Å². The molecule has 17 heteroatoms. The van der Waals surface area contributed by atoms with E-state index in [0.29, 0.717) is 5.65 Å². The quantitative estimate of drug-likeness (QED) is 0.338. The summed E-state index contributed by atoms with van der Waals surface area (Å²) in [4.78, 5) is 30.5. The Morgan fingerprint density at radius 2 is 1.61 bits per heavy atom. The Kier molecular flexibility index (Phi) is 7.58. The number of ether oxygens (including phenoxy) is 2. The SMILES string of the molecule is C[C@@H]1O[C@@H]2COP(O)(=S)O[C@H]3[C@@H](O)[C@H](n4cc5c6c(ncnc64)CCCC5)O[C@@H]3COP(O)(=S)O[C@@H]1[C@@H]2O. The largest absolute Gasteiger partial charge is 0.387 e. The molecule has 2 bridgehead atoms. The van der Waals surface area contributed by atoms with E-state index in [2.05, 4.69) is 9.97 Å². The van der Waals surface area contributed by atoms with Crippen LogP contribution in [0.5, 0.6) is 0 Å². The van der Waals surface area contributed by atoms with Crippen molar-refractivity contribution in [3.8, 4) is 0 Å². The van der Waals surface area contributed by atoms with Crippen LogP contribution in [0.2, 0.25) is 0 Å². The molecule has 0 amide bonds. The first-order valence-electron chi connectivity index (χ1n) is 12.3. The molecule has 210 valence electrons. The number of hydrogen-bond acceptors (Lipinski definition) is 12. The molecule has 0 radical (unpaired) electrons. The topological polar surface area (TPSA) is 167 Å². The van der Waals surface area contributed by atoms with Gasteiger partial charge in [0.25, 0.3) is 0 Å². The minimum absolute atomic E-state index is 0.308. The normalized spacial score (nSPS) is 44.1. The molecule has 6 rings (SSSR count). The van der Waals surface area contributed by atoms with Crippen LogP contribution in [0.15, 0.2) is 12.5 Å². The lowest BCUT2D eigenvalue weighted by Gasteiger charge is -2.27. The van der Waals surface area contributed by atoms with Gasteiger partial charge in [-0.15, -0.1) is 0 Å². The predicted molar refractivity (Wildman–Crippen MR) is 139 cm³/mol. The fraction of sp³-hybridized carbons (Fsp3) is 0.714. The van der Waals surface area contributed by atoms with E-state index < -0.39 is 62.4 Å². The molecule has 1 aliphatic carbocycles. The monoisotopic (exact) mass is 609 g/mol. The van der Waals surface area contributed by atoms with Crippen molar-refractivity contribution >= 4 is 48.1 Å². The summed E-state index contributed by atoms with van der Waals surface area (Å²) >= 11 is 10.4. The van der Waals surface area contributed by atoms with Gasteiger partial charge in [0, 0.05) is 11.6 Å². The summed E-state index contributed by atoms with van der Waals surface area (Å²) in [5, 5.41) is 22.9. The third-order valence-corrected chi connectivity index (χ3v) is 10.5. The van der Waals surface area contributed by atoms with Crippen LogP contribution in [0, 0.1) is 0 Å². The number of fused-ring (bicyclic) bond motifs is 3. The number of aliphatic hydroxyl groups excluding tert-OH is 2. The Morgan fingerprint density at radius 3 is 2.37 bits per heavy atom. The number of aliphatic hydroxyl groups is 2. The van der Waals surface area contributed by atoms with Crippen LogP contribution in [0.4, 0.5) is 0 Å². The molecule has 0 aromatic carbocycles. The van der Waals surface area contributed by atoms with E-state index in [-0.39, 0.29) is 13.2 Å². The summed E-state index contributed by atoms with van der Waals surface area (Å²) in [6.45, 7) is -6.85. The summed E-state index contributed by atoms with van der Waals surface area (Å²) in [5.41, 5.74) is 2.61. The molecule has 10 atom stereocenters. The Bertz CT molecular complexity index is 1320. The van der Waals surface area contributed by atoms with Crippen molar-refractivity contribution in [3.63, 3.8) is 0 Å². The zero-order valence-electron chi connectivity index (χ0n) is 20.3. The Hall–Kier alpha value is -0.480. The maximum absolute atomic E-state index is 11.4. The van der Waals surface area contributed by atoms with Gasteiger partial charge in [-0.1, -0.05) is 0 Å². The fourth-order valence-corrected chi connectivity index (χ4v) is 8.46. The van der Waals surface area contributed by atoms with Crippen molar-refractivity contribution in [2.24, 2.45) is 0 Å². The molecule has 4 aliphatic rings. The maximum atomic E-state index is 11.4. The fourth-order valence-electron chi connectivity index (χ4n) is 5.54. The summed E-state index contributed by atoms with van der Waals surface area (Å²) in [5.74, 6) is 0. The van der Waals surface area contributed by atoms with E-state index in [4.69, 9.17) is 51.2 Å². The Balaban J connectivity index is 1.33. The molecule has 0 spiro atoms. The van der Waals surface area contributed by atoms with Crippen molar-refractivity contribution in [1.82, 2.24) is 14.5 Å². The number of rotatable bonds is 1. The van der Waals surface area contributed by atoms with Gasteiger partial charge in [0.05, 0.1) is 25.0 Å². The van der Waals surface area contributed by atoms with E-state index in [0.717, 1.165) is 42.3 Å². The third kappa shape index (κ3) is 5.17. The first-order chi connectivity index (χ1) is 18.0. The van der Waals surface area contributed by atoms with Gasteiger partial charge in [-0.05, 0) is 61.8 Å². The van der Waals surface area contributed by atoms with Crippen LogP contribution in [-0.4, -0.2) is 90.5 Å². The second kappa shape index (κ2) is 10.4. The highest BCUT2D eigenvalue weighted by Crippen LogP contribution is 2.53. The molecule has 0 saturated carbocycles. The van der Waals surface area contributed by atoms with Crippen molar-refractivity contribution in [2.75, 3.05) is 13.2 Å². The van der Waals surface area contributed by atoms with E-state index in [9.17, 15) is 20.0 Å². The number of hydrogen-bond donors (Lipinski definition) is 4. The highest BCUT2D eigenvalue weighted by atomic mass is 32.5. The minimum atomic E-state index is -3.95. The maximum Gasteiger partial charge on any atom is 0.325 e. The summed E-state index contributed by atoms with van der Waals surface area (Å²) < 4.78 is 35.9. The zero-order chi connectivity index (χ0) is 26.8. The van der Waals surface area contributed by atoms with Crippen LogP contribution in [0.25, 0.3) is 11.0 Å². The summed E-state index contributed by atoms with van der Waals surface area (Å²) in [6.07, 6.45) is -1.23. The van der Waals surface area contributed by atoms with Gasteiger partial charge in [-0.25, -0.2) is 9.97 Å². The van der Waals surface area contributed by atoms with Gasteiger partial charge in [-0.3, -0.25) is 9.05 Å². The summed E-state index contributed by atoms with van der Waals surface area (Å²) in [6, 6.07) is 0. The lowest BCUT2D eigenvalue weighted by atomic mass is 10.1. The smallest absolute Gasteiger partial charge is 0.325 e. The second-order valence-corrected chi connectivity index (χ2v) is 15.5. The van der Waals surface area contributed by atoms with Crippen LogP contribution in [0.1, 0.15) is 37.3 Å². The first kappa shape index (κ1) is 27.7. The van der Waals surface area contributed by atoms with Crippen molar-refractivity contribution in [1.29, 1.82) is 0 Å². The van der Waals surface area contributed by atoms with Gasteiger partial charge in [0.2, 0.25) is 0 Å². The molecule has 2 aromatic heterocycles. The number of nitrogens with zero attached hydrogens (tertiary/aromatic N) is 3. The molecule has 3 saturated heterocycles. The summed E-state index contributed by atoms with van der Waals surface area (Å²) in [7, 11) is 0. The molecular weight excluding hydrogens is 580 g/mol. The molecule has 3 aliphatic heterocycles. The molecule has 5 heterocycles. The molecule has 4 N–H and O–H groups in total. The molecular formula is C21H29N3O10P2S2. The van der Waals surface area contributed by atoms with Gasteiger partial charge in [0.1, 0.15) is 48.6 Å². The third-order valence-electron chi connectivity index (χ3n) is 7.34. The minimum Gasteiger partial charge on any atom is -0.387 e. The number of aryl methyl sites for hydroxylation is 2. The van der Waals surface area contributed by atoms with Gasteiger partial charge < -0.3 is 43.1 Å². The van der Waals surface area contributed by atoms with Gasteiger partial charge in [-0.2, -0.15) is 0 Å². The Labute approximate surface area is 228 Å². The average Bonchev–Trinajstić information content (AvgIpc) is 3.39. The van der Waals surface area contributed by atoms with Gasteiger partial charge in [0.15, 0.2) is 6.23 Å². The van der Waals surface area contributed by atoms with Crippen LogP contribution in [-0.2, 0) is 64.0 Å². The molecule has 38 heavy (non-hydrogen) atoms. The van der Waals surface area contributed by atoms with Crippen molar-refractivity contribution in [2.45, 2.75) is 81.6 Å². The number of aromatic nitrogens is 3. The highest BCUT2D eigenvalue weighted by molar-refractivity contribution is 8.07. The van der Waals surface area contributed by atoms with E-state index in [1.54, 1.807) is 11.5 Å². The lowest BCUT2D eigenvalue weighted by Crippen LogP contribution is -2.36. The van der Waals surface area contributed by atoms with Crippen molar-refractivity contribution in [3.05, 3.63) is 23.8 Å². The predicted octanol–water partition coefficient (Wildman–Crippen LogP) is 0.967. The van der Waals surface area contributed by atoms with Crippen LogP contribution >= 0.6 is 13.4 Å². The molecule has 13 nitrogen and oxygen atoms in total. The molecule has 3 fully saturated rings. The van der Waals surface area contributed by atoms with Crippen LogP contribution < -0.4 is 0 Å².